The molecule has 0 aliphatic heterocycles. The Morgan fingerprint density at radius 3 is 2.04 bits per heavy atom. The van der Waals surface area contributed by atoms with Gasteiger partial charge < -0.3 is 12.4 Å². The fourth-order valence-corrected chi connectivity index (χ4v) is 4.08. The molecule has 1 nitrogen and oxygen atoms in total. The van der Waals surface area contributed by atoms with E-state index in [9.17, 15) is 0 Å². The summed E-state index contributed by atoms with van der Waals surface area (Å²) in [5.74, 6) is 0. The molecule has 3 heteroatoms. The van der Waals surface area contributed by atoms with Gasteiger partial charge in [-0.3, -0.25) is 0 Å². The molecule has 0 unspecified atom stereocenters. The van der Waals surface area contributed by atoms with Crippen molar-refractivity contribution >= 4 is 15.9 Å². The van der Waals surface area contributed by atoms with Crippen LogP contribution in [0, 0.1) is 0 Å². The third-order valence-electron chi connectivity index (χ3n) is 4.95. The molecule has 2 aromatic carbocycles. The summed E-state index contributed by atoms with van der Waals surface area (Å²) < 4.78 is 3.34. The monoisotopic (exact) mass is 413 g/mol. The lowest BCUT2D eigenvalue weighted by molar-refractivity contribution is -0.671. The molecule has 0 radical (unpaired) electrons. The van der Waals surface area contributed by atoms with Gasteiger partial charge in [-0.25, -0.2) is 4.57 Å². The van der Waals surface area contributed by atoms with Gasteiger partial charge in [0.15, 0.2) is 12.4 Å². The Labute approximate surface area is 164 Å². The molecule has 1 heterocycles. The third-order valence-corrected chi connectivity index (χ3v) is 5.69. The van der Waals surface area contributed by atoms with Gasteiger partial charge in [0.1, 0.15) is 7.05 Å². The standard InChI is InChI=1S/C22H21BrN.ClH/c1-24-12-10-19(11-13-24)21-14-16-2-6-18(21)7-3-17-5-9-20(8-4-16)22(23)15-17;/h2,5-6,9-15H,3-4,7-8H2,1H3;1H/q+1;/p-1. The molecule has 0 fully saturated rings. The van der Waals surface area contributed by atoms with Crippen LogP contribution in [-0.4, -0.2) is 0 Å². The van der Waals surface area contributed by atoms with Crippen LogP contribution >= 0.6 is 15.9 Å². The first-order valence-electron chi connectivity index (χ1n) is 8.54. The molecule has 0 saturated heterocycles. The van der Waals surface area contributed by atoms with E-state index in [2.05, 4.69) is 88.5 Å². The molecule has 25 heavy (non-hydrogen) atoms. The van der Waals surface area contributed by atoms with Crippen molar-refractivity contribution in [2.75, 3.05) is 0 Å². The molecular formula is C22H21BrClN. The fraction of sp³-hybridized carbons (Fsp3) is 0.227. The van der Waals surface area contributed by atoms with Gasteiger partial charge in [0.25, 0.3) is 0 Å². The van der Waals surface area contributed by atoms with Crippen molar-refractivity contribution in [1.82, 2.24) is 0 Å². The summed E-state index contributed by atoms with van der Waals surface area (Å²) in [7, 11) is 2.06. The van der Waals surface area contributed by atoms with E-state index < -0.39 is 0 Å². The van der Waals surface area contributed by atoms with Crippen LogP contribution in [-0.2, 0) is 32.7 Å². The van der Waals surface area contributed by atoms with Crippen molar-refractivity contribution in [1.29, 1.82) is 0 Å². The molecule has 0 saturated carbocycles. The summed E-state index contributed by atoms with van der Waals surface area (Å²) in [6, 6.07) is 18.3. The van der Waals surface area contributed by atoms with Crippen LogP contribution in [0.4, 0.5) is 0 Å². The molecule has 3 aromatic rings. The first-order chi connectivity index (χ1) is 11.7. The van der Waals surface area contributed by atoms with E-state index in [1.807, 2.05) is 0 Å². The zero-order valence-corrected chi connectivity index (χ0v) is 16.6. The molecule has 0 spiro atoms. The average Bonchev–Trinajstić information content (AvgIpc) is 2.58. The summed E-state index contributed by atoms with van der Waals surface area (Å²) in [4.78, 5) is 0. The molecule has 7 rings (SSSR count). The van der Waals surface area contributed by atoms with E-state index in [0.717, 1.165) is 25.7 Å². The zero-order chi connectivity index (χ0) is 16.5. The minimum atomic E-state index is 0. The molecule has 4 bridgehead atoms. The van der Waals surface area contributed by atoms with Crippen LogP contribution in [0.1, 0.15) is 22.3 Å². The fourth-order valence-electron chi connectivity index (χ4n) is 3.45. The molecule has 4 aliphatic rings. The number of rotatable bonds is 1. The van der Waals surface area contributed by atoms with Crippen molar-refractivity contribution in [3.63, 3.8) is 0 Å². The van der Waals surface area contributed by atoms with E-state index in [1.165, 1.54) is 37.9 Å². The molecule has 0 amide bonds. The molecule has 0 atom stereocenters. The maximum atomic E-state index is 3.74. The zero-order valence-electron chi connectivity index (χ0n) is 14.3. The van der Waals surface area contributed by atoms with Crippen LogP contribution in [0.25, 0.3) is 11.1 Å². The predicted molar refractivity (Wildman–Crippen MR) is 102 cm³/mol. The van der Waals surface area contributed by atoms with Crippen molar-refractivity contribution in [3.8, 4) is 11.1 Å². The largest absolute Gasteiger partial charge is 1.00 e. The topological polar surface area (TPSA) is 3.88 Å². The van der Waals surface area contributed by atoms with E-state index in [4.69, 9.17) is 0 Å². The summed E-state index contributed by atoms with van der Waals surface area (Å²) in [6.07, 6.45) is 8.55. The Balaban J connectivity index is 0.00000182. The van der Waals surface area contributed by atoms with Crippen LogP contribution in [0.2, 0.25) is 0 Å². The normalized spacial score (nSPS) is 13.0. The number of pyridine rings is 1. The smallest absolute Gasteiger partial charge is 0.169 e. The number of benzene rings is 2. The lowest BCUT2D eigenvalue weighted by Gasteiger charge is -2.15. The number of hydrogen-bond acceptors (Lipinski definition) is 0. The predicted octanol–water partition coefficient (Wildman–Crippen LogP) is 1.83. The number of aryl methyl sites for hydroxylation is 5. The Morgan fingerprint density at radius 1 is 0.760 bits per heavy atom. The molecule has 4 aliphatic carbocycles. The summed E-state index contributed by atoms with van der Waals surface area (Å²) >= 11 is 3.74. The summed E-state index contributed by atoms with van der Waals surface area (Å²) in [5, 5.41) is 0. The van der Waals surface area contributed by atoms with Gasteiger partial charge in [-0.1, -0.05) is 46.3 Å². The van der Waals surface area contributed by atoms with E-state index in [1.54, 1.807) is 0 Å². The number of hydrogen-bond donors (Lipinski definition) is 0. The highest BCUT2D eigenvalue weighted by Crippen LogP contribution is 2.29. The van der Waals surface area contributed by atoms with Gasteiger partial charge in [0.2, 0.25) is 0 Å². The Bertz CT molecular complexity index is 887. The molecule has 0 N–H and O–H groups in total. The number of nitrogens with zero attached hydrogens (tertiary/aromatic N) is 1. The van der Waals surface area contributed by atoms with Crippen LogP contribution in [0.15, 0.2) is 65.4 Å². The minimum Gasteiger partial charge on any atom is -1.00 e. The highest BCUT2D eigenvalue weighted by Gasteiger charge is 2.11. The van der Waals surface area contributed by atoms with Gasteiger partial charge in [-0.2, -0.15) is 0 Å². The van der Waals surface area contributed by atoms with Gasteiger partial charge in [-0.05, 0) is 65.1 Å². The minimum absolute atomic E-state index is 0. The van der Waals surface area contributed by atoms with E-state index in [-0.39, 0.29) is 12.4 Å². The quantitative estimate of drug-likeness (QED) is 0.535. The maximum absolute atomic E-state index is 3.74. The molecule has 128 valence electrons. The van der Waals surface area contributed by atoms with Crippen molar-refractivity contribution in [2.24, 2.45) is 7.05 Å². The lowest BCUT2D eigenvalue weighted by atomic mass is 9.91. The van der Waals surface area contributed by atoms with E-state index in [0.29, 0.717) is 0 Å². The van der Waals surface area contributed by atoms with Crippen molar-refractivity contribution in [3.05, 3.63) is 87.7 Å². The van der Waals surface area contributed by atoms with Crippen molar-refractivity contribution < 1.29 is 17.0 Å². The molecular weight excluding hydrogens is 394 g/mol. The van der Waals surface area contributed by atoms with Crippen molar-refractivity contribution in [2.45, 2.75) is 25.7 Å². The highest BCUT2D eigenvalue weighted by molar-refractivity contribution is 9.10. The molecule has 1 aromatic heterocycles. The second kappa shape index (κ2) is 7.72. The van der Waals surface area contributed by atoms with Crippen LogP contribution in [0.3, 0.4) is 0 Å². The average molecular weight is 415 g/mol. The highest BCUT2D eigenvalue weighted by atomic mass is 79.9. The van der Waals surface area contributed by atoms with E-state index >= 15 is 0 Å². The summed E-state index contributed by atoms with van der Waals surface area (Å²) in [5.41, 5.74) is 8.36. The van der Waals surface area contributed by atoms with Gasteiger partial charge in [0.05, 0.1) is 0 Å². The Morgan fingerprint density at radius 2 is 1.36 bits per heavy atom. The third kappa shape index (κ3) is 3.96. The summed E-state index contributed by atoms with van der Waals surface area (Å²) in [6.45, 7) is 0. The number of aromatic nitrogens is 1. The Kier molecular flexibility index (Phi) is 5.61. The van der Waals surface area contributed by atoms with Crippen LogP contribution in [0.5, 0.6) is 0 Å². The van der Waals surface area contributed by atoms with Crippen LogP contribution < -0.4 is 17.0 Å². The SMILES string of the molecule is C[n+]1ccc(-c2cc3ccc2CCc2ccc(c(Br)c2)CC3)cc1.[Cl-]. The first-order valence-corrected chi connectivity index (χ1v) is 9.33. The second-order valence-electron chi connectivity index (χ2n) is 6.67. The second-order valence-corrected chi connectivity index (χ2v) is 7.52. The number of halogens is 2. The lowest BCUT2D eigenvalue weighted by Crippen LogP contribution is -3.00. The van der Waals surface area contributed by atoms with Gasteiger partial charge >= 0.3 is 0 Å². The Hall–Kier alpha value is -1.64. The van der Waals surface area contributed by atoms with Gasteiger partial charge in [0, 0.05) is 16.6 Å². The van der Waals surface area contributed by atoms with Gasteiger partial charge in [-0.15, -0.1) is 0 Å². The first kappa shape index (κ1) is 18.2. The maximum Gasteiger partial charge on any atom is 0.169 e.